The highest BCUT2D eigenvalue weighted by atomic mass is 28.3. The number of nitrogens with zero attached hydrogens (tertiary/aromatic N) is 1. The van der Waals surface area contributed by atoms with E-state index in [2.05, 4.69) is 111 Å². The molecular formula is C30H34NSi+. The van der Waals surface area contributed by atoms with Crippen LogP contribution in [0, 0.1) is 6.92 Å². The van der Waals surface area contributed by atoms with Gasteiger partial charge in [-0.1, -0.05) is 79.8 Å². The predicted molar refractivity (Wildman–Crippen MR) is 140 cm³/mol. The Morgan fingerprint density at radius 1 is 0.812 bits per heavy atom. The van der Waals surface area contributed by atoms with Crippen LogP contribution >= 0.6 is 0 Å². The minimum Gasteiger partial charge on any atom is -0.200 e. The number of aromatic nitrogens is 1. The first-order chi connectivity index (χ1) is 15.4. The molecule has 0 spiro atoms. The number of hydrogen-bond donors (Lipinski definition) is 0. The Bertz CT molecular complexity index is 1260. The second-order valence-corrected chi connectivity index (χ2v) is 15.8. The zero-order valence-electron chi connectivity index (χ0n) is 19.9. The average molecular weight is 437 g/mol. The third-order valence-electron chi connectivity index (χ3n) is 7.56. The molecule has 32 heavy (non-hydrogen) atoms. The molecule has 1 saturated heterocycles. The summed E-state index contributed by atoms with van der Waals surface area (Å²) < 4.78 is 2.28. The van der Waals surface area contributed by atoms with Crippen molar-refractivity contribution in [2.24, 2.45) is 7.05 Å². The maximum Gasteiger partial charge on any atom is 0.220 e. The fourth-order valence-electron chi connectivity index (χ4n) is 5.45. The lowest BCUT2D eigenvalue weighted by molar-refractivity contribution is -0.659. The highest BCUT2D eigenvalue weighted by molar-refractivity contribution is 6.77. The van der Waals surface area contributed by atoms with E-state index in [0.29, 0.717) is 0 Å². The summed E-state index contributed by atoms with van der Waals surface area (Å²) in [7, 11) is 1.25. The lowest BCUT2D eigenvalue weighted by Gasteiger charge is -2.33. The molecule has 2 heteroatoms. The second kappa shape index (κ2) is 8.33. The predicted octanol–water partition coefficient (Wildman–Crippen LogP) is 7.89. The van der Waals surface area contributed by atoms with Crippen LogP contribution in [0.3, 0.4) is 0 Å². The minimum absolute atomic E-state index is 0.740. The van der Waals surface area contributed by atoms with Gasteiger partial charge < -0.3 is 0 Å². The number of fused-ring (bicyclic) bond motifs is 1. The molecule has 0 bridgehead atoms. The van der Waals surface area contributed by atoms with Gasteiger partial charge in [0.25, 0.3) is 0 Å². The van der Waals surface area contributed by atoms with Gasteiger partial charge in [0, 0.05) is 19.7 Å². The largest absolute Gasteiger partial charge is 0.220 e. The molecule has 0 aliphatic carbocycles. The Hall–Kier alpha value is -2.71. The molecule has 5 rings (SSSR count). The van der Waals surface area contributed by atoms with E-state index in [4.69, 9.17) is 0 Å². The van der Waals surface area contributed by atoms with Gasteiger partial charge in [-0.25, -0.2) is 4.57 Å². The summed E-state index contributed by atoms with van der Waals surface area (Å²) in [5, 5.41) is 2.71. The second-order valence-electron chi connectivity index (χ2n) is 10.5. The molecule has 0 unspecified atom stereocenters. The van der Waals surface area contributed by atoms with E-state index in [1.54, 1.807) is 0 Å². The van der Waals surface area contributed by atoms with E-state index >= 15 is 0 Å². The molecule has 4 aromatic rings. The van der Waals surface area contributed by atoms with Crippen LogP contribution < -0.4 is 4.57 Å². The van der Waals surface area contributed by atoms with Gasteiger partial charge in [0.2, 0.25) is 5.69 Å². The van der Waals surface area contributed by atoms with E-state index in [-0.39, 0.29) is 0 Å². The van der Waals surface area contributed by atoms with Gasteiger partial charge >= 0.3 is 0 Å². The molecular weight excluding hydrogens is 402 g/mol. The minimum atomic E-state index is -0.918. The maximum atomic E-state index is 2.56. The quantitative estimate of drug-likeness (QED) is 0.227. The maximum absolute atomic E-state index is 2.56. The highest BCUT2D eigenvalue weighted by Crippen LogP contribution is 2.39. The van der Waals surface area contributed by atoms with E-state index in [9.17, 15) is 0 Å². The molecule has 0 amide bonds. The van der Waals surface area contributed by atoms with Crippen molar-refractivity contribution in [1.82, 2.24) is 0 Å². The van der Waals surface area contributed by atoms with Gasteiger partial charge in [0.1, 0.15) is 7.05 Å². The van der Waals surface area contributed by atoms with E-state index in [1.165, 1.54) is 69.2 Å². The van der Waals surface area contributed by atoms with Gasteiger partial charge in [-0.15, -0.1) is 0 Å². The molecule has 1 nitrogen and oxygen atoms in total. The van der Waals surface area contributed by atoms with Crippen LogP contribution in [-0.2, 0) is 7.05 Å². The van der Waals surface area contributed by atoms with Gasteiger partial charge in [0.05, 0.1) is 5.39 Å². The standard InChI is InChI=1S/C30H34NSi/c1-22-20-25(23-8-6-5-7-9-23)10-12-28(22)30-29-13-11-26(21-27(29)14-17-31(30)2)24-15-18-32(3,4)19-16-24/h5-14,17,20-21,24H,15-16,18-19H2,1-4H3/q+1. The number of aryl methyl sites for hydroxylation is 2. The van der Waals surface area contributed by atoms with Crippen molar-refractivity contribution in [3.8, 4) is 22.4 Å². The van der Waals surface area contributed by atoms with Crippen LogP contribution in [-0.4, -0.2) is 8.07 Å². The smallest absolute Gasteiger partial charge is 0.200 e. The summed E-state index contributed by atoms with van der Waals surface area (Å²) in [5.41, 5.74) is 8.03. The summed E-state index contributed by atoms with van der Waals surface area (Å²) in [6.07, 6.45) is 4.97. The molecule has 0 atom stereocenters. The molecule has 1 aliphatic heterocycles. The Morgan fingerprint density at radius 2 is 1.56 bits per heavy atom. The van der Waals surface area contributed by atoms with Crippen LogP contribution in [0.5, 0.6) is 0 Å². The van der Waals surface area contributed by atoms with Gasteiger partial charge in [0.15, 0.2) is 6.20 Å². The monoisotopic (exact) mass is 436 g/mol. The van der Waals surface area contributed by atoms with Crippen LogP contribution in [0.25, 0.3) is 33.2 Å². The van der Waals surface area contributed by atoms with Crippen molar-refractivity contribution in [2.45, 2.75) is 50.9 Å². The highest BCUT2D eigenvalue weighted by Gasteiger charge is 2.29. The summed E-state index contributed by atoms with van der Waals surface area (Å²) in [5.74, 6) is 0.740. The molecule has 0 N–H and O–H groups in total. The SMILES string of the molecule is Cc1cc(-c2ccccc2)ccc1-c1c2ccc(C3CC[Si](C)(C)CC3)cc2cc[n+]1C. The molecule has 162 valence electrons. The summed E-state index contributed by atoms with van der Waals surface area (Å²) in [6.45, 7) is 7.35. The topological polar surface area (TPSA) is 3.88 Å². The third-order valence-corrected chi connectivity index (χ3v) is 10.8. The first kappa shape index (κ1) is 21.1. The normalized spacial score (nSPS) is 16.4. The number of hydrogen-bond acceptors (Lipinski definition) is 0. The number of pyridine rings is 1. The first-order valence-corrected chi connectivity index (χ1v) is 15.4. The average Bonchev–Trinajstić information content (AvgIpc) is 2.80. The molecule has 1 aliphatic rings. The third kappa shape index (κ3) is 4.04. The Morgan fingerprint density at radius 3 is 2.28 bits per heavy atom. The zero-order chi connectivity index (χ0) is 22.3. The van der Waals surface area contributed by atoms with Crippen molar-refractivity contribution in [3.63, 3.8) is 0 Å². The lowest BCUT2D eigenvalue weighted by Crippen LogP contribution is -2.31. The van der Waals surface area contributed by atoms with Crippen molar-refractivity contribution >= 4 is 18.8 Å². The fraction of sp³-hybridized carbons (Fsp3) is 0.300. The number of benzene rings is 3. The Labute approximate surface area is 193 Å². The van der Waals surface area contributed by atoms with Gasteiger partial charge in [-0.2, -0.15) is 0 Å². The van der Waals surface area contributed by atoms with Gasteiger partial charge in [-0.05, 0) is 65.5 Å². The van der Waals surface area contributed by atoms with Crippen molar-refractivity contribution in [1.29, 1.82) is 0 Å². The first-order valence-electron chi connectivity index (χ1n) is 12.0. The summed E-state index contributed by atoms with van der Waals surface area (Å²) in [6, 6.07) is 30.0. The van der Waals surface area contributed by atoms with Crippen molar-refractivity contribution in [3.05, 3.63) is 90.1 Å². The van der Waals surface area contributed by atoms with Crippen molar-refractivity contribution in [2.75, 3.05) is 0 Å². The fourth-order valence-corrected chi connectivity index (χ4v) is 7.96. The molecule has 1 aromatic heterocycles. The van der Waals surface area contributed by atoms with Crippen LogP contribution in [0.4, 0.5) is 0 Å². The van der Waals surface area contributed by atoms with E-state index in [0.717, 1.165) is 5.92 Å². The summed E-state index contributed by atoms with van der Waals surface area (Å²) >= 11 is 0. The molecule has 2 heterocycles. The van der Waals surface area contributed by atoms with Crippen molar-refractivity contribution < 1.29 is 4.57 Å². The summed E-state index contributed by atoms with van der Waals surface area (Å²) in [4.78, 5) is 0. The van der Waals surface area contributed by atoms with Gasteiger partial charge in [-0.3, -0.25) is 0 Å². The lowest BCUT2D eigenvalue weighted by atomic mass is 9.90. The molecule has 0 radical (unpaired) electrons. The zero-order valence-corrected chi connectivity index (χ0v) is 20.9. The molecule has 0 saturated carbocycles. The van der Waals surface area contributed by atoms with Crippen LogP contribution in [0.15, 0.2) is 79.0 Å². The Balaban J connectivity index is 1.54. The van der Waals surface area contributed by atoms with Crippen LogP contribution in [0.1, 0.15) is 29.9 Å². The van der Waals surface area contributed by atoms with Crippen LogP contribution in [0.2, 0.25) is 25.2 Å². The Kier molecular flexibility index (Phi) is 5.50. The van der Waals surface area contributed by atoms with E-state index < -0.39 is 8.07 Å². The number of rotatable bonds is 3. The molecule has 3 aromatic carbocycles. The molecule has 1 fully saturated rings. The van der Waals surface area contributed by atoms with E-state index in [1.807, 2.05) is 0 Å².